The molecule has 7 nitrogen and oxygen atoms in total. The first-order valence-electron chi connectivity index (χ1n) is 7.50. The van der Waals surface area contributed by atoms with E-state index in [4.69, 9.17) is 4.55 Å². The summed E-state index contributed by atoms with van der Waals surface area (Å²) < 4.78 is 57.6. The highest BCUT2D eigenvalue weighted by atomic mass is 32.2. The maximum absolute atomic E-state index is 12.6. The Balaban J connectivity index is 1.95. The average Bonchev–Trinajstić information content (AvgIpc) is 2.55. The third kappa shape index (κ3) is 4.13. The minimum Gasteiger partial charge on any atom is -0.286 e. The van der Waals surface area contributed by atoms with Gasteiger partial charge in [-0.25, -0.2) is 18.1 Å². The highest BCUT2D eigenvalue weighted by Gasteiger charge is 2.18. The maximum Gasteiger partial charge on any atom is 0.264 e. The fourth-order valence-corrected chi connectivity index (χ4v) is 4.33. The molecule has 25 heavy (non-hydrogen) atoms. The second-order valence-electron chi connectivity index (χ2n) is 5.54. The number of rotatable bonds is 6. The molecule has 1 aromatic heterocycles. The molecular formula is C16H16N2O5S2. The highest BCUT2D eigenvalue weighted by Crippen LogP contribution is 2.25. The van der Waals surface area contributed by atoms with Crippen LogP contribution in [0.1, 0.15) is 6.42 Å². The van der Waals surface area contributed by atoms with Gasteiger partial charge in [-0.05, 0) is 30.7 Å². The minimum absolute atomic E-state index is 0.0238. The van der Waals surface area contributed by atoms with Gasteiger partial charge in [-0.15, -0.1) is 0 Å². The lowest BCUT2D eigenvalue weighted by molar-refractivity contribution is 0.480. The van der Waals surface area contributed by atoms with Crippen LogP contribution < -0.4 is 4.72 Å². The van der Waals surface area contributed by atoms with Gasteiger partial charge in [0.15, 0.2) is 0 Å². The minimum atomic E-state index is -4.11. The van der Waals surface area contributed by atoms with Crippen molar-refractivity contribution in [3.63, 3.8) is 0 Å². The fraction of sp³-hybridized carbons (Fsp3) is 0.188. The number of hydrogen-bond donors (Lipinski definition) is 2. The zero-order valence-electron chi connectivity index (χ0n) is 13.1. The molecule has 0 saturated carbocycles. The molecule has 0 aliphatic rings. The second kappa shape index (κ2) is 6.68. The monoisotopic (exact) mass is 380 g/mol. The molecule has 0 radical (unpaired) electrons. The van der Waals surface area contributed by atoms with E-state index in [0.29, 0.717) is 10.9 Å². The molecule has 9 heteroatoms. The second-order valence-corrected chi connectivity index (χ2v) is 8.85. The summed E-state index contributed by atoms with van der Waals surface area (Å²) in [5, 5.41) is 1.31. The van der Waals surface area contributed by atoms with Gasteiger partial charge in [0.2, 0.25) is 10.0 Å². The van der Waals surface area contributed by atoms with E-state index in [9.17, 15) is 16.8 Å². The van der Waals surface area contributed by atoms with E-state index in [2.05, 4.69) is 9.71 Å². The maximum atomic E-state index is 12.6. The summed E-state index contributed by atoms with van der Waals surface area (Å²) in [6, 6.07) is 14.0. The first kappa shape index (κ1) is 17.7. The summed E-state index contributed by atoms with van der Waals surface area (Å²) >= 11 is 0. The Bertz CT molecular complexity index is 1140. The van der Waals surface area contributed by atoms with Gasteiger partial charge in [-0.1, -0.05) is 24.3 Å². The van der Waals surface area contributed by atoms with Crippen LogP contribution >= 0.6 is 0 Å². The van der Waals surface area contributed by atoms with Crippen molar-refractivity contribution in [1.82, 2.24) is 9.71 Å². The Morgan fingerprint density at radius 1 is 0.960 bits per heavy atom. The van der Waals surface area contributed by atoms with Gasteiger partial charge >= 0.3 is 0 Å². The van der Waals surface area contributed by atoms with Crippen LogP contribution in [-0.2, 0) is 20.1 Å². The topological polar surface area (TPSA) is 113 Å². The van der Waals surface area contributed by atoms with Crippen LogP contribution in [0.2, 0.25) is 0 Å². The summed E-state index contributed by atoms with van der Waals surface area (Å²) in [5.74, 6) is -0.503. The van der Waals surface area contributed by atoms with Gasteiger partial charge in [-0.3, -0.25) is 4.55 Å². The van der Waals surface area contributed by atoms with E-state index < -0.39 is 25.9 Å². The normalized spacial score (nSPS) is 12.7. The zero-order valence-corrected chi connectivity index (χ0v) is 14.7. The number of sulfonamides is 1. The third-order valence-corrected chi connectivity index (χ3v) is 6.01. The Morgan fingerprint density at radius 2 is 1.68 bits per heavy atom. The van der Waals surface area contributed by atoms with E-state index in [1.807, 2.05) is 24.3 Å². The summed E-state index contributed by atoms with van der Waals surface area (Å²) in [6.45, 7) is -0.0977. The number of pyridine rings is 1. The lowest BCUT2D eigenvalue weighted by Gasteiger charge is -2.10. The number of nitrogens with one attached hydrogen (secondary N) is 1. The smallest absolute Gasteiger partial charge is 0.264 e. The number of para-hydroxylation sites is 1. The molecule has 132 valence electrons. The largest absolute Gasteiger partial charge is 0.286 e. The van der Waals surface area contributed by atoms with E-state index in [-0.39, 0.29) is 17.9 Å². The van der Waals surface area contributed by atoms with Gasteiger partial charge in [-0.2, -0.15) is 8.42 Å². The van der Waals surface area contributed by atoms with Gasteiger partial charge < -0.3 is 0 Å². The molecule has 0 atom stereocenters. The summed E-state index contributed by atoms with van der Waals surface area (Å²) in [4.78, 5) is 4.55. The van der Waals surface area contributed by atoms with E-state index in [1.54, 1.807) is 18.2 Å². The Kier molecular flexibility index (Phi) is 4.74. The van der Waals surface area contributed by atoms with Crippen molar-refractivity contribution in [2.45, 2.75) is 11.3 Å². The van der Waals surface area contributed by atoms with Crippen LogP contribution in [0.15, 0.2) is 53.4 Å². The molecule has 0 unspecified atom stereocenters. The molecule has 0 spiro atoms. The van der Waals surface area contributed by atoms with Gasteiger partial charge in [0, 0.05) is 17.3 Å². The van der Waals surface area contributed by atoms with E-state index in [1.165, 1.54) is 6.07 Å². The SMILES string of the molecule is O=S(=O)(O)CCCNS(=O)(=O)c1cccc2nc3ccccc3cc12. The molecule has 0 bridgehead atoms. The molecule has 3 aromatic rings. The number of fused-ring (bicyclic) bond motifs is 2. The van der Waals surface area contributed by atoms with Crippen molar-refractivity contribution >= 4 is 41.9 Å². The summed E-state index contributed by atoms with van der Waals surface area (Å²) in [6.07, 6.45) is -0.0238. The first-order valence-corrected chi connectivity index (χ1v) is 10.6. The van der Waals surface area contributed by atoms with Crippen LogP contribution in [0, 0.1) is 0 Å². The highest BCUT2D eigenvalue weighted by molar-refractivity contribution is 7.89. The number of aromatic nitrogens is 1. The number of nitrogens with zero attached hydrogens (tertiary/aromatic N) is 1. The van der Waals surface area contributed by atoms with Crippen molar-refractivity contribution in [1.29, 1.82) is 0 Å². The van der Waals surface area contributed by atoms with Crippen molar-refractivity contribution in [3.8, 4) is 0 Å². The molecule has 0 amide bonds. The summed E-state index contributed by atoms with van der Waals surface area (Å²) in [5.41, 5.74) is 1.32. The van der Waals surface area contributed by atoms with Crippen LogP contribution in [0.5, 0.6) is 0 Å². The predicted octanol–water partition coefficient (Wildman–Crippen LogP) is 1.94. The molecule has 3 rings (SSSR count). The molecule has 0 aliphatic heterocycles. The van der Waals surface area contributed by atoms with Crippen LogP contribution in [0.3, 0.4) is 0 Å². The molecule has 2 aromatic carbocycles. The zero-order chi connectivity index (χ0) is 18.1. The molecule has 0 aliphatic carbocycles. The number of benzene rings is 2. The van der Waals surface area contributed by atoms with Crippen LogP contribution in [0.25, 0.3) is 21.8 Å². The average molecular weight is 380 g/mol. The predicted molar refractivity (Wildman–Crippen MR) is 95.5 cm³/mol. The molecule has 2 N–H and O–H groups in total. The fourth-order valence-electron chi connectivity index (χ4n) is 2.54. The molecular weight excluding hydrogens is 364 g/mol. The van der Waals surface area contributed by atoms with Gasteiger partial charge in [0.1, 0.15) is 0 Å². The molecule has 0 fully saturated rings. The molecule has 0 saturated heterocycles. The lowest BCUT2D eigenvalue weighted by Crippen LogP contribution is -2.26. The Labute approximate surface area is 145 Å². The quantitative estimate of drug-likeness (QED) is 0.384. The first-order chi connectivity index (χ1) is 11.8. The van der Waals surface area contributed by atoms with Gasteiger partial charge in [0.25, 0.3) is 10.1 Å². The van der Waals surface area contributed by atoms with E-state index >= 15 is 0 Å². The number of hydrogen-bond acceptors (Lipinski definition) is 5. The van der Waals surface area contributed by atoms with Crippen molar-refractivity contribution < 1.29 is 21.4 Å². The van der Waals surface area contributed by atoms with Crippen molar-refractivity contribution in [2.24, 2.45) is 0 Å². The van der Waals surface area contributed by atoms with Crippen LogP contribution in [0.4, 0.5) is 0 Å². The Hall–Kier alpha value is -2.07. The van der Waals surface area contributed by atoms with Crippen molar-refractivity contribution in [3.05, 3.63) is 48.5 Å². The lowest BCUT2D eigenvalue weighted by atomic mass is 10.1. The summed E-state index contributed by atoms with van der Waals surface area (Å²) in [7, 11) is -7.95. The van der Waals surface area contributed by atoms with Crippen molar-refractivity contribution in [2.75, 3.05) is 12.3 Å². The standard InChI is InChI=1S/C16H16N2O5S2/c19-24(20,21)10-4-9-17-25(22,23)16-8-3-7-15-13(16)11-12-5-1-2-6-14(12)18-15/h1-3,5-8,11,17H,4,9-10H2,(H,19,20,21). The van der Waals surface area contributed by atoms with E-state index in [0.717, 1.165) is 10.9 Å². The van der Waals surface area contributed by atoms with Crippen LogP contribution in [-0.4, -0.2) is 38.7 Å². The third-order valence-electron chi connectivity index (χ3n) is 3.68. The Morgan fingerprint density at radius 3 is 2.44 bits per heavy atom. The van der Waals surface area contributed by atoms with Gasteiger partial charge in [0.05, 0.1) is 21.7 Å². The molecule has 1 heterocycles.